The van der Waals surface area contributed by atoms with Gasteiger partial charge in [0.1, 0.15) is 5.75 Å². The fourth-order valence-corrected chi connectivity index (χ4v) is 6.33. The molecule has 42 heavy (non-hydrogen) atoms. The Bertz CT molecular complexity index is 1740. The van der Waals surface area contributed by atoms with Gasteiger partial charge in [0.2, 0.25) is 5.60 Å². The summed E-state index contributed by atoms with van der Waals surface area (Å²) in [5.41, 5.74) is 7.14. The topological polar surface area (TPSA) is 43.2 Å². The molecule has 0 radical (unpaired) electrons. The van der Waals surface area contributed by atoms with E-state index in [0.29, 0.717) is 12.2 Å². The van der Waals surface area contributed by atoms with Crippen molar-refractivity contribution in [3.8, 4) is 16.9 Å². The van der Waals surface area contributed by atoms with Crippen molar-refractivity contribution in [3.63, 3.8) is 0 Å². The van der Waals surface area contributed by atoms with E-state index in [9.17, 15) is 4.79 Å². The molecule has 1 atom stereocenters. The highest BCUT2D eigenvalue weighted by Crippen LogP contribution is 2.53. The maximum absolute atomic E-state index is 13.8. The van der Waals surface area contributed by atoms with E-state index >= 15 is 0 Å². The Kier molecular flexibility index (Phi) is 7.51. The Labute approximate surface area is 248 Å². The number of carbonyl (C=O) groups is 1. The van der Waals surface area contributed by atoms with Crippen LogP contribution in [0.4, 0.5) is 5.69 Å². The summed E-state index contributed by atoms with van der Waals surface area (Å²) in [5.74, 6) is 0.403. The molecule has 0 N–H and O–H groups in total. The second kappa shape index (κ2) is 11.4. The summed E-state index contributed by atoms with van der Waals surface area (Å²) in [5, 5.41) is 0. The first-order valence-corrected chi connectivity index (χ1v) is 15.1. The lowest BCUT2D eigenvalue weighted by molar-refractivity contribution is 0.0230. The number of fused-ring (bicyclic) bond motifs is 2. The third-order valence-corrected chi connectivity index (χ3v) is 8.41. The lowest BCUT2D eigenvalue weighted by Gasteiger charge is -2.34. The minimum absolute atomic E-state index is 0.333. The lowest BCUT2D eigenvalue weighted by Crippen LogP contribution is -2.33. The van der Waals surface area contributed by atoms with Gasteiger partial charge in [0, 0.05) is 52.7 Å². The molecule has 0 fully saturated rings. The van der Waals surface area contributed by atoms with E-state index in [0.717, 1.165) is 76.5 Å². The Morgan fingerprint density at radius 2 is 1.57 bits per heavy atom. The van der Waals surface area contributed by atoms with Crippen LogP contribution in [0.2, 0.25) is 0 Å². The summed E-state index contributed by atoms with van der Waals surface area (Å²) in [4.78, 5) is 16.1. The average molecular weight is 559 g/mol. The number of ether oxygens (including phenoxy) is 2. The van der Waals surface area contributed by atoms with Gasteiger partial charge in [-0.2, -0.15) is 0 Å². The normalized spacial score (nSPS) is 16.0. The highest BCUT2D eigenvalue weighted by molar-refractivity contribution is 5.97. The van der Waals surface area contributed by atoms with Gasteiger partial charge in [-0.25, -0.2) is 4.79 Å². The number of cyclic esters (lactones) is 1. The predicted octanol–water partition coefficient (Wildman–Crippen LogP) is 8.40. The van der Waals surface area contributed by atoms with Crippen LogP contribution in [-0.2, 0) is 10.3 Å². The maximum atomic E-state index is 13.8. The summed E-state index contributed by atoms with van der Waals surface area (Å²) >= 11 is 0. The van der Waals surface area contributed by atoms with Crippen molar-refractivity contribution in [2.24, 2.45) is 0 Å². The summed E-state index contributed by atoms with van der Waals surface area (Å²) in [6.45, 7) is 10.9. The van der Waals surface area contributed by atoms with Gasteiger partial charge in [-0.15, -0.1) is 0 Å². The van der Waals surface area contributed by atoms with Gasteiger partial charge >= 0.3 is 5.97 Å². The highest BCUT2D eigenvalue weighted by atomic mass is 16.6. The molecule has 0 spiro atoms. The van der Waals surface area contributed by atoms with E-state index in [4.69, 9.17) is 9.47 Å². The molecule has 0 amide bonds. The van der Waals surface area contributed by atoms with E-state index in [1.54, 1.807) is 0 Å². The minimum Gasteiger partial charge on any atom is -0.493 e. The first-order chi connectivity index (χ1) is 20.5. The van der Waals surface area contributed by atoms with Crippen LogP contribution in [0.3, 0.4) is 0 Å². The number of anilines is 1. The largest absolute Gasteiger partial charge is 0.493 e. The molecule has 5 aromatic rings. The fraction of sp³-hybridized carbons (Fsp3) is 0.270. The first kappa shape index (κ1) is 27.6. The number of rotatable bonds is 10. The monoisotopic (exact) mass is 558 g/mol. The molecule has 3 heterocycles. The van der Waals surface area contributed by atoms with Crippen molar-refractivity contribution in [3.05, 3.63) is 125 Å². The van der Waals surface area contributed by atoms with Crippen LogP contribution in [0, 0.1) is 6.92 Å². The minimum atomic E-state index is -1.24. The van der Waals surface area contributed by atoms with Crippen molar-refractivity contribution in [1.29, 1.82) is 0 Å². The van der Waals surface area contributed by atoms with Gasteiger partial charge in [0.05, 0.1) is 17.9 Å². The Balaban J connectivity index is 1.74. The number of aryl methyl sites for hydroxylation is 1. The van der Waals surface area contributed by atoms with Crippen LogP contribution in [0.5, 0.6) is 5.75 Å². The van der Waals surface area contributed by atoms with Crippen LogP contribution in [0.25, 0.3) is 16.6 Å². The fourth-order valence-electron chi connectivity index (χ4n) is 6.33. The quantitative estimate of drug-likeness (QED) is 0.128. The zero-order valence-electron chi connectivity index (χ0n) is 24.9. The molecular weight excluding hydrogens is 520 g/mol. The standard InChI is InChI=1S/C37H38N2O3/c1-5-8-23-41-34-25-28(38(6-2)7-3)21-22-33(34)37(32-20-13-12-19-30(32)36(40)42-37)35-31(27-16-10-9-11-17-27)24-29-18-14-15-26(4)39(29)35/h9-22,24-25H,5-8,23H2,1-4H3. The molecule has 5 heteroatoms. The number of pyridine rings is 1. The van der Waals surface area contributed by atoms with E-state index in [2.05, 4.69) is 91.6 Å². The van der Waals surface area contributed by atoms with Gasteiger partial charge in [0.25, 0.3) is 0 Å². The van der Waals surface area contributed by atoms with Crippen LogP contribution in [0.15, 0.2) is 97.1 Å². The zero-order chi connectivity index (χ0) is 29.3. The van der Waals surface area contributed by atoms with Crippen LogP contribution >= 0.6 is 0 Å². The molecule has 1 aliphatic heterocycles. The molecule has 214 valence electrons. The third-order valence-electron chi connectivity index (χ3n) is 8.41. The lowest BCUT2D eigenvalue weighted by atomic mass is 9.79. The van der Waals surface area contributed by atoms with Gasteiger partial charge in [0.15, 0.2) is 0 Å². The van der Waals surface area contributed by atoms with Crippen molar-refractivity contribution < 1.29 is 14.3 Å². The van der Waals surface area contributed by atoms with Gasteiger partial charge in [-0.05, 0) is 69.2 Å². The first-order valence-electron chi connectivity index (χ1n) is 15.1. The third kappa shape index (κ3) is 4.44. The highest BCUT2D eigenvalue weighted by Gasteiger charge is 2.53. The molecular formula is C37H38N2O3. The summed E-state index contributed by atoms with van der Waals surface area (Å²) in [6, 6.07) is 33.0. The van der Waals surface area contributed by atoms with Crippen LogP contribution in [-0.4, -0.2) is 30.1 Å². The number of esters is 1. The summed E-state index contributed by atoms with van der Waals surface area (Å²) in [7, 11) is 0. The van der Waals surface area contributed by atoms with Gasteiger partial charge in [-0.3, -0.25) is 0 Å². The molecule has 1 unspecified atom stereocenters. The number of carbonyl (C=O) groups excluding carboxylic acids is 1. The summed E-state index contributed by atoms with van der Waals surface area (Å²) in [6.07, 6.45) is 1.95. The molecule has 3 aromatic carbocycles. The van der Waals surface area contributed by atoms with Crippen molar-refractivity contribution in [1.82, 2.24) is 4.40 Å². The van der Waals surface area contributed by atoms with E-state index in [-0.39, 0.29) is 5.97 Å². The van der Waals surface area contributed by atoms with E-state index in [1.165, 1.54) is 0 Å². The van der Waals surface area contributed by atoms with Gasteiger partial charge in [-0.1, -0.05) is 67.9 Å². The number of unbranched alkanes of at least 4 members (excludes halogenated alkanes) is 1. The summed E-state index contributed by atoms with van der Waals surface area (Å²) < 4.78 is 15.6. The molecule has 2 aromatic heterocycles. The predicted molar refractivity (Wildman–Crippen MR) is 170 cm³/mol. The van der Waals surface area contributed by atoms with E-state index < -0.39 is 5.60 Å². The SMILES string of the molecule is CCCCOc1cc(N(CC)CC)ccc1C1(c2c(-c3ccccc3)cc3cccc(C)n23)OC(=O)c2ccccc21. The second-order valence-corrected chi connectivity index (χ2v) is 10.9. The number of hydrogen-bond donors (Lipinski definition) is 0. The number of hydrogen-bond acceptors (Lipinski definition) is 4. The van der Waals surface area contributed by atoms with Crippen LogP contribution in [0.1, 0.15) is 66.5 Å². The second-order valence-electron chi connectivity index (χ2n) is 10.9. The Morgan fingerprint density at radius 1 is 0.810 bits per heavy atom. The number of benzene rings is 3. The molecule has 5 nitrogen and oxygen atoms in total. The molecule has 0 saturated carbocycles. The zero-order valence-corrected chi connectivity index (χ0v) is 24.9. The van der Waals surface area contributed by atoms with Crippen molar-refractivity contribution in [2.45, 2.75) is 46.1 Å². The van der Waals surface area contributed by atoms with Gasteiger partial charge < -0.3 is 18.8 Å². The Morgan fingerprint density at radius 3 is 2.33 bits per heavy atom. The number of nitrogens with zero attached hydrogens (tertiary/aromatic N) is 2. The molecule has 1 aliphatic rings. The molecule has 6 rings (SSSR count). The molecule has 0 aliphatic carbocycles. The van der Waals surface area contributed by atoms with Crippen molar-refractivity contribution in [2.75, 3.05) is 24.6 Å². The smallest absolute Gasteiger partial charge is 0.340 e. The van der Waals surface area contributed by atoms with Crippen LogP contribution < -0.4 is 9.64 Å². The average Bonchev–Trinajstić information content (AvgIpc) is 3.56. The maximum Gasteiger partial charge on any atom is 0.340 e. The number of aromatic nitrogens is 1. The Hall–Kier alpha value is -4.51. The van der Waals surface area contributed by atoms with Crippen molar-refractivity contribution >= 4 is 17.2 Å². The molecule has 0 saturated heterocycles. The molecule has 0 bridgehead atoms. The van der Waals surface area contributed by atoms with E-state index in [1.807, 2.05) is 42.5 Å².